The second-order valence-electron chi connectivity index (χ2n) is 5.86. The summed E-state index contributed by atoms with van der Waals surface area (Å²) in [6, 6.07) is 12.5. The van der Waals surface area contributed by atoms with Crippen LogP contribution in [0.3, 0.4) is 0 Å². The quantitative estimate of drug-likeness (QED) is 0.656. The van der Waals surface area contributed by atoms with Gasteiger partial charge in [-0.1, -0.05) is 23.7 Å². The molecule has 3 aromatic rings. The Balaban J connectivity index is 1.54. The number of aromatic nitrogens is 1. The summed E-state index contributed by atoms with van der Waals surface area (Å²) in [5.41, 5.74) is 1.67. The smallest absolute Gasteiger partial charge is 0.253 e. The Bertz CT molecular complexity index is 926. The minimum Gasteiger partial charge on any atom is -0.467 e. The van der Waals surface area contributed by atoms with Gasteiger partial charge in [-0.25, -0.2) is 0 Å². The maximum absolute atomic E-state index is 12.3. The van der Waals surface area contributed by atoms with Crippen LogP contribution in [0.1, 0.15) is 32.0 Å². The summed E-state index contributed by atoms with van der Waals surface area (Å²) in [5.74, 6) is 0.0314. The largest absolute Gasteiger partial charge is 0.467 e. The van der Waals surface area contributed by atoms with Crippen molar-refractivity contribution in [2.24, 2.45) is 0 Å². The highest BCUT2D eigenvalue weighted by atomic mass is 35.5. The number of pyridine rings is 1. The van der Waals surface area contributed by atoms with Crippen LogP contribution in [0.15, 0.2) is 65.5 Å². The van der Waals surface area contributed by atoms with Gasteiger partial charge in [-0.15, -0.1) is 0 Å². The van der Waals surface area contributed by atoms with Crippen molar-refractivity contribution in [2.45, 2.75) is 13.0 Å². The monoisotopic (exact) mass is 383 g/mol. The molecular weight excluding hydrogens is 366 g/mol. The zero-order valence-corrected chi connectivity index (χ0v) is 15.2. The van der Waals surface area contributed by atoms with E-state index < -0.39 is 0 Å². The van der Waals surface area contributed by atoms with Gasteiger partial charge in [-0.05, 0) is 42.3 Å². The molecule has 2 aromatic heterocycles. The van der Waals surface area contributed by atoms with Crippen molar-refractivity contribution in [1.29, 1.82) is 0 Å². The molecule has 0 aliphatic carbocycles. The van der Waals surface area contributed by atoms with Gasteiger partial charge >= 0.3 is 0 Å². The van der Waals surface area contributed by atoms with E-state index in [1.807, 2.05) is 18.2 Å². The first kappa shape index (κ1) is 18.7. The Morgan fingerprint density at radius 2 is 1.78 bits per heavy atom. The number of benzene rings is 1. The highest BCUT2D eigenvalue weighted by Gasteiger charge is 2.11. The van der Waals surface area contributed by atoms with Crippen LogP contribution in [0.25, 0.3) is 0 Å². The molecule has 3 rings (SSSR count). The molecule has 0 aliphatic heterocycles. The van der Waals surface area contributed by atoms with E-state index in [4.69, 9.17) is 16.0 Å². The predicted octanol–water partition coefficient (Wildman–Crippen LogP) is 3.23. The van der Waals surface area contributed by atoms with Crippen molar-refractivity contribution < 1.29 is 14.0 Å². The number of furan rings is 1. The molecule has 2 heterocycles. The van der Waals surface area contributed by atoms with Crippen LogP contribution >= 0.6 is 11.6 Å². The zero-order chi connectivity index (χ0) is 19.1. The molecule has 0 bridgehead atoms. The summed E-state index contributed by atoms with van der Waals surface area (Å²) in [6.45, 7) is 0.718. The number of carbonyl (C=O) groups excluding carboxylic acids is 2. The number of hydrogen-bond donors (Lipinski definition) is 2. The third kappa shape index (κ3) is 5.43. The third-order valence-electron chi connectivity index (χ3n) is 3.85. The maximum atomic E-state index is 12.3. The van der Waals surface area contributed by atoms with Gasteiger partial charge in [0.15, 0.2) is 0 Å². The predicted molar refractivity (Wildman–Crippen MR) is 102 cm³/mol. The molecule has 6 nitrogen and oxygen atoms in total. The molecule has 0 fully saturated rings. The van der Waals surface area contributed by atoms with Crippen molar-refractivity contribution in [3.63, 3.8) is 0 Å². The molecular formula is C20H18ClN3O3. The second-order valence-corrected chi connectivity index (χ2v) is 6.30. The van der Waals surface area contributed by atoms with E-state index in [1.54, 1.807) is 18.2 Å². The zero-order valence-electron chi connectivity index (χ0n) is 14.4. The highest BCUT2D eigenvalue weighted by Crippen LogP contribution is 2.11. The standard InChI is InChI=1S/C20H18ClN3O3/c21-17-4-1-3-14(9-17)6-7-23-19(25)15-10-16(12-22-11-15)20(26)24-13-18-5-2-8-27-18/h1-5,8-12H,6-7,13H2,(H,23,25)(H,24,26). The Morgan fingerprint density at radius 3 is 2.48 bits per heavy atom. The molecule has 138 valence electrons. The lowest BCUT2D eigenvalue weighted by Crippen LogP contribution is -2.27. The van der Waals surface area contributed by atoms with E-state index in [2.05, 4.69) is 15.6 Å². The number of nitrogens with one attached hydrogen (secondary N) is 2. The van der Waals surface area contributed by atoms with Crippen LogP contribution in [0.2, 0.25) is 5.02 Å². The molecule has 0 aliphatic rings. The Hall–Kier alpha value is -3.12. The van der Waals surface area contributed by atoms with Gasteiger partial charge in [0, 0.05) is 24.0 Å². The van der Waals surface area contributed by atoms with E-state index in [1.165, 1.54) is 24.7 Å². The van der Waals surface area contributed by atoms with Gasteiger partial charge in [-0.3, -0.25) is 14.6 Å². The molecule has 7 heteroatoms. The first-order valence-corrected chi connectivity index (χ1v) is 8.78. The van der Waals surface area contributed by atoms with Gasteiger partial charge in [0.25, 0.3) is 11.8 Å². The average molecular weight is 384 g/mol. The van der Waals surface area contributed by atoms with E-state index in [9.17, 15) is 9.59 Å². The van der Waals surface area contributed by atoms with Gasteiger partial charge < -0.3 is 15.1 Å². The summed E-state index contributed by atoms with van der Waals surface area (Å²) in [4.78, 5) is 28.5. The molecule has 1 aromatic carbocycles. The molecule has 0 saturated heterocycles. The molecule has 0 atom stereocenters. The fourth-order valence-electron chi connectivity index (χ4n) is 2.49. The third-order valence-corrected chi connectivity index (χ3v) is 4.09. The number of hydrogen-bond acceptors (Lipinski definition) is 4. The summed E-state index contributed by atoms with van der Waals surface area (Å²) >= 11 is 5.95. The Labute approximate surface area is 161 Å². The number of amides is 2. The number of nitrogens with zero attached hydrogens (tertiary/aromatic N) is 1. The lowest BCUT2D eigenvalue weighted by Gasteiger charge is -2.07. The van der Waals surface area contributed by atoms with Crippen molar-refractivity contribution in [1.82, 2.24) is 15.6 Å². The van der Waals surface area contributed by atoms with Crippen molar-refractivity contribution in [2.75, 3.05) is 6.54 Å². The van der Waals surface area contributed by atoms with E-state index in [0.717, 1.165) is 5.56 Å². The van der Waals surface area contributed by atoms with Crippen LogP contribution in [-0.2, 0) is 13.0 Å². The van der Waals surface area contributed by atoms with E-state index >= 15 is 0 Å². The lowest BCUT2D eigenvalue weighted by molar-refractivity contribution is 0.0947. The maximum Gasteiger partial charge on any atom is 0.253 e. The minimum atomic E-state index is -0.326. The number of carbonyl (C=O) groups is 2. The van der Waals surface area contributed by atoms with Gasteiger partial charge in [0.2, 0.25) is 0 Å². The minimum absolute atomic E-state index is 0.266. The fraction of sp³-hybridized carbons (Fsp3) is 0.150. The average Bonchev–Trinajstić information content (AvgIpc) is 3.20. The molecule has 0 unspecified atom stereocenters. The first-order chi connectivity index (χ1) is 13.1. The number of rotatable bonds is 7. The molecule has 2 amide bonds. The van der Waals surface area contributed by atoms with Crippen LogP contribution in [0, 0.1) is 0 Å². The fourth-order valence-corrected chi connectivity index (χ4v) is 2.70. The molecule has 0 saturated carbocycles. The van der Waals surface area contributed by atoms with E-state index in [-0.39, 0.29) is 18.4 Å². The van der Waals surface area contributed by atoms with Crippen LogP contribution in [-0.4, -0.2) is 23.3 Å². The second kappa shape index (κ2) is 9.00. The topological polar surface area (TPSA) is 84.2 Å². The summed E-state index contributed by atoms with van der Waals surface area (Å²) in [5, 5.41) is 6.20. The highest BCUT2D eigenvalue weighted by molar-refractivity contribution is 6.30. The van der Waals surface area contributed by atoms with Crippen molar-refractivity contribution in [3.8, 4) is 0 Å². The van der Waals surface area contributed by atoms with Crippen LogP contribution < -0.4 is 10.6 Å². The van der Waals surface area contributed by atoms with E-state index in [0.29, 0.717) is 34.9 Å². The Kier molecular flexibility index (Phi) is 6.22. The number of halogens is 1. The molecule has 27 heavy (non-hydrogen) atoms. The lowest BCUT2D eigenvalue weighted by atomic mass is 10.1. The first-order valence-electron chi connectivity index (χ1n) is 8.40. The van der Waals surface area contributed by atoms with Gasteiger partial charge in [-0.2, -0.15) is 0 Å². The van der Waals surface area contributed by atoms with Crippen molar-refractivity contribution in [3.05, 3.63) is 88.6 Å². The summed E-state index contributed by atoms with van der Waals surface area (Å²) in [6.07, 6.45) is 5.04. The Morgan fingerprint density at radius 1 is 1.00 bits per heavy atom. The molecule has 2 N–H and O–H groups in total. The SMILES string of the molecule is O=C(NCCc1cccc(Cl)c1)c1cncc(C(=O)NCc2ccco2)c1. The van der Waals surface area contributed by atoms with Crippen LogP contribution in [0.4, 0.5) is 0 Å². The van der Waals surface area contributed by atoms with Gasteiger partial charge in [0.1, 0.15) is 5.76 Å². The molecule has 0 spiro atoms. The summed E-state index contributed by atoms with van der Waals surface area (Å²) < 4.78 is 5.17. The van der Waals surface area contributed by atoms with Crippen LogP contribution in [0.5, 0.6) is 0 Å². The summed E-state index contributed by atoms with van der Waals surface area (Å²) in [7, 11) is 0. The normalized spacial score (nSPS) is 10.4. The van der Waals surface area contributed by atoms with Crippen molar-refractivity contribution >= 4 is 23.4 Å². The van der Waals surface area contributed by atoms with Gasteiger partial charge in [0.05, 0.1) is 23.9 Å². The molecule has 0 radical (unpaired) electrons.